The number of aliphatic hydroxyl groups is 1. The van der Waals surface area contributed by atoms with Crippen LogP contribution in [0.25, 0.3) is 0 Å². The third-order valence-electron chi connectivity index (χ3n) is 2.93. The largest absolute Gasteiger partial charge is 0.480 e. The molecule has 2 unspecified atom stereocenters. The lowest BCUT2D eigenvalue weighted by atomic mass is 10.2. The van der Waals surface area contributed by atoms with Gasteiger partial charge in [-0.15, -0.1) is 0 Å². The van der Waals surface area contributed by atoms with E-state index in [1.54, 1.807) is 0 Å². The smallest absolute Gasteiger partial charge is 0.388 e. The minimum absolute atomic E-state index is 0.0931. The Labute approximate surface area is 125 Å². The Balaban J connectivity index is 1.92. The molecule has 1 aliphatic rings. The number of rotatable bonds is 7. The Bertz CT molecular complexity index is 580. The lowest BCUT2D eigenvalue weighted by Gasteiger charge is -2.19. The second-order valence-corrected chi connectivity index (χ2v) is 7.71. The molecule has 0 aromatic carbocycles. The third kappa shape index (κ3) is 4.23. The van der Waals surface area contributed by atoms with E-state index in [2.05, 4.69) is 13.8 Å². The molecule has 2 heterocycles. The summed E-state index contributed by atoms with van der Waals surface area (Å²) in [7, 11) is -8.10. The summed E-state index contributed by atoms with van der Waals surface area (Å²) in [6.45, 7) is -0.422. The molecule has 1 aromatic rings. The summed E-state index contributed by atoms with van der Waals surface area (Å²) in [5.74, 6) is 0. The summed E-state index contributed by atoms with van der Waals surface area (Å²) in [4.78, 5) is 22.6. The van der Waals surface area contributed by atoms with Crippen LogP contribution in [0.3, 0.4) is 0 Å². The summed E-state index contributed by atoms with van der Waals surface area (Å²) >= 11 is 0. The lowest BCUT2D eigenvalue weighted by Crippen LogP contribution is -2.33. The summed E-state index contributed by atoms with van der Waals surface area (Å²) in [5, 5.41) is 9.77. The second kappa shape index (κ2) is 6.88. The summed E-state index contributed by atoms with van der Waals surface area (Å²) in [6, 6.07) is 0. The number of ether oxygens (including phenoxy) is 2. The molecule has 3 N–H and O–H groups in total. The van der Waals surface area contributed by atoms with E-state index >= 15 is 0 Å². The van der Waals surface area contributed by atoms with Gasteiger partial charge < -0.3 is 24.4 Å². The molecule has 22 heavy (non-hydrogen) atoms. The topological polar surface area (TPSA) is 150 Å². The van der Waals surface area contributed by atoms with Crippen molar-refractivity contribution >= 4 is 15.6 Å². The van der Waals surface area contributed by atoms with Crippen LogP contribution in [-0.2, 0) is 27.4 Å². The zero-order valence-corrected chi connectivity index (χ0v) is 13.2. The maximum absolute atomic E-state index is 11.8. The number of hydrogen-bond donors (Lipinski definition) is 3. The number of phosphoric ester groups is 1. The Morgan fingerprint density at radius 3 is 2.73 bits per heavy atom. The van der Waals surface area contributed by atoms with Crippen LogP contribution in [0.15, 0.2) is 18.7 Å². The van der Waals surface area contributed by atoms with Crippen LogP contribution < -0.4 is 0 Å². The van der Waals surface area contributed by atoms with E-state index in [1.165, 1.54) is 13.3 Å². The van der Waals surface area contributed by atoms with Crippen LogP contribution >= 0.6 is 15.6 Å². The molecule has 13 heteroatoms. The zero-order valence-electron chi connectivity index (χ0n) is 11.5. The molecule has 0 aliphatic carbocycles. The minimum Gasteiger partial charge on any atom is -0.388 e. The molecule has 1 saturated heterocycles. The molecule has 1 fully saturated rings. The molecule has 11 nitrogen and oxygen atoms in total. The molecular formula is C9H16N2O9P2. The molecule has 0 spiro atoms. The highest BCUT2D eigenvalue weighted by molar-refractivity contribution is 7.63. The monoisotopic (exact) mass is 358 g/mol. The first kappa shape index (κ1) is 17.7. The highest BCUT2D eigenvalue weighted by Gasteiger charge is 2.40. The van der Waals surface area contributed by atoms with Crippen molar-refractivity contribution in [2.45, 2.75) is 18.3 Å². The summed E-state index contributed by atoms with van der Waals surface area (Å²) in [6.07, 6.45) is 0.687. The van der Waals surface area contributed by atoms with Crippen LogP contribution in [0.4, 0.5) is 0 Å². The van der Waals surface area contributed by atoms with Gasteiger partial charge in [-0.3, -0.25) is 4.52 Å². The molecular weight excluding hydrogens is 342 g/mol. The predicted octanol–water partition coefficient (Wildman–Crippen LogP) is -0.260. The fraction of sp³-hybridized carbons (Fsp3) is 0.667. The molecule has 5 atom stereocenters. The van der Waals surface area contributed by atoms with Crippen LogP contribution in [0.1, 0.15) is 0 Å². The number of aliphatic hydroxyl groups excluding tert-OH is 1. The SMILES string of the molecule is CO[C@H]1CO[C@H](COP(=O)(O)OP(=O)(O)n2ccnc2)[C@H]1O. The van der Waals surface area contributed by atoms with Gasteiger partial charge in [-0.25, -0.2) is 18.5 Å². The van der Waals surface area contributed by atoms with Crippen molar-refractivity contribution in [3.8, 4) is 0 Å². The quantitative estimate of drug-likeness (QED) is 0.556. The van der Waals surface area contributed by atoms with E-state index < -0.39 is 40.5 Å². The van der Waals surface area contributed by atoms with Gasteiger partial charge in [0.2, 0.25) is 0 Å². The Kier molecular flexibility index (Phi) is 5.54. The number of methoxy groups -OCH3 is 1. The van der Waals surface area contributed by atoms with Crippen molar-refractivity contribution < 1.29 is 42.3 Å². The van der Waals surface area contributed by atoms with Gasteiger partial charge in [0, 0.05) is 19.5 Å². The van der Waals surface area contributed by atoms with E-state index in [1.807, 2.05) is 0 Å². The predicted molar refractivity (Wildman–Crippen MR) is 70.9 cm³/mol. The van der Waals surface area contributed by atoms with Gasteiger partial charge in [0.1, 0.15) is 24.6 Å². The minimum atomic E-state index is -4.86. The van der Waals surface area contributed by atoms with Gasteiger partial charge in [-0.1, -0.05) is 0 Å². The standard InChI is InChI=1S/C9H16N2O9P2/c1-17-7-4-18-8(9(7)12)5-19-22(15,16)20-21(13,14)11-3-2-10-6-11/h2-3,6-9,12H,4-5H2,1H3,(H,13,14)(H,15,16)/t7-,8+,9-/m0/s1. The fourth-order valence-corrected chi connectivity index (χ4v) is 4.13. The number of phosphoric acid groups is 1. The highest BCUT2D eigenvalue weighted by Crippen LogP contribution is 2.60. The molecule has 0 saturated carbocycles. The van der Waals surface area contributed by atoms with E-state index in [0.29, 0.717) is 4.34 Å². The number of imidazole rings is 1. The van der Waals surface area contributed by atoms with Crippen molar-refractivity contribution in [2.24, 2.45) is 0 Å². The Morgan fingerprint density at radius 1 is 1.45 bits per heavy atom. The van der Waals surface area contributed by atoms with Crippen molar-refractivity contribution in [3.63, 3.8) is 0 Å². The first-order valence-electron chi connectivity index (χ1n) is 6.08. The molecule has 0 radical (unpaired) electrons. The Morgan fingerprint density at radius 2 is 2.18 bits per heavy atom. The van der Waals surface area contributed by atoms with E-state index in [-0.39, 0.29) is 6.61 Å². The third-order valence-corrected chi connectivity index (χ3v) is 5.90. The van der Waals surface area contributed by atoms with Crippen molar-refractivity contribution in [3.05, 3.63) is 18.7 Å². The Hall–Kier alpha value is -0.610. The maximum atomic E-state index is 11.8. The van der Waals surface area contributed by atoms with Crippen LogP contribution in [0, 0.1) is 0 Å². The van der Waals surface area contributed by atoms with Crippen LogP contribution in [0.2, 0.25) is 0 Å². The maximum Gasteiger partial charge on any atom is 0.480 e. The first-order chi connectivity index (χ1) is 10.2. The summed E-state index contributed by atoms with van der Waals surface area (Å²) < 4.78 is 43.1. The first-order valence-corrected chi connectivity index (χ1v) is 9.10. The normalized spacial score (nSPS) is 30.8. The van der Waals surface area contributed by atoms with Gasteiger partial charge in [0.05, 0.1) is 13.2 Å². The van der Waals surface area contributed by atoms with Crippen LogP contribution in [0.5, 0.6) is 0 Å². The highest BCUT2D eigenvalue weighted by atomic mass is 31.3. The molecule has 1 aliphatic heterocycles. The molecule has 1 aromatic heterocycles. The van der Waals surface area contributed by atoms with Crippen LogP contribution in [-0.4, -0.2) is 62.9 Å². The zero-order chi connectivity index (χ0) is 16.4. The number of hydrogen-bond acceptors (Lipinski definition) is 8. The number of aromatic nitrogens is 2. The average molecular weight is 358 g/mol. The van der Waals surface area contributed by atoms with Crippen molar-refractivity contribution in [1.82, 2.24) is 9.32 Å². The van der Waals surface area contributed by atoms with E-state index in [0.717, 1.165) is 12.5 Å². The number of nitrogens with zero attached hydrogens (tertiary/aromatic N) is 2. The van der Waals surface area contributed by atoms with Gasteiger partial charge in [-0.05, 0) is 0 Å². The van der Waals surface area contributed by atoms with E-state index in [9.17, 15) is 24.0 Å². The van der Waals surface area contributed by atoms with Gasteiger partial charge in [-0.2, -0.15) is 4.31 Å². The molecule has 0 bridgehead atoms. The average Bonchev–Trinajstić information content (AvgIpc) is 3.05. The lowest BCUT2D eigenvalue weighted by molar-refractivity contribution is -0.0137. The van der Waals surface area contributed by atoms with Gasteiger partial charge in [0.25, 0.3) is 0 Å². The van der Waals surface area contributed by atoms with Crippen molar-refractivity contribution in [1.29, 1.82) is 0 Å². The molecule has 2 rings (SSSR count). The van der Waals surface area contributed by atoms with E-state index in [4.69, 9.17) is 9.47 Å². The second-order valence-electron chi connectivity index (χ2n) is 4.42. The molecule has 126 valence electrons. The van der Waals surface area contributed by atoms with Crippen molar-refractivity contribution in [2.75, 3.05) is 20.3 Å². The molecule has 0 amide bonds. The van der Waals surface area contributed by atoms with Gasteiger partial charge >= 0.3 is 15.6 Å². The van der Waals surface area contributed by atoms with Gasteiger partial charge in [0.15, 0.2) is 0 Å². The fourth-order valence-electron chi connectivity index (χ4n) is 1.78. The summed E-state index contributed by atoms with van der Waals surface area (Å²) in [5.41, 5.74) is 0.